The van der Waals surface area contributed by atoms with Crippen LogP contribution in [0.1, 0.15) is 12.8 Å². The second-order valence-electron chi connectivity index (χ2n) is 5.70. The minimum atomic E-state index is -0.0234. The highest BCUT2D eigenvalue weighted by atomic mass is 16.5. The van der Waals surface area contributed by atoms with Crippen LogP contribution in [0.15, 0.2) is 41.4 Å². The van der Waals surface area contributed by atoms with Gasteiger partial charge in [0.2, 0.25) is 5.91 Å². The van der Waals surface area contributed by atoms with E-state index in [0.29, 0.717) is 30.5 Å². The number of nitrogens with one attached hydrogen (secondary N) is 1. The average molecular weight is 324 g/mol. The van der Waals surface area contributed by atoms with Crippen molar-refractivity contribution in [2.75, 3.05) is 18.5 Å². The van der Waals surface area contributed by atoms with Crippen molar-refractivity contribution >= 4 is 22.6 Å². The Bertz CT molecular complexity index is 857. The summed E-state index contributed by atoms with van der Waals surface area (Å²) in [6.07, 6.45) is 6.17. The number of amides is 1. The molecule has 0 aromatic carbocycles. The van der Waals surface area contributed by atoms with Crippen LogP contribution < -0.4 is 5.32 Å². The van der Waals surface area contributed by atoms with Gasteiger partial charge in [-0.2, -0.15) is 0 Å². The van der Waals surface area contributed by atoms with Crippen LogP contribution in [-0.4, -0.2) is 34.1 Å². The highest BCUT2D eigenvalue weighted by Crippen LogP contribution is 2.22. The molecule has 0 aliphatic carbocycles. The van der Waals surface area contributed by atoms with Crippen LogP contribution in [0.5, 0.6) is 0 Å². The number of anilines is 1. The lowest BCUT2D eigenvalue weighted by atomic mass is 9.99. The molecule has 0 unspecified atom stereocenters. The number of ether oxygens (including phenoxy) is 1. The number of hydrogen-bond acceptors (Lipinski definition) is 6. The van der Waals surface area contributed by atoms with Gasteiger partial charge in [0.15, 0.2) is 12.2 Å². The summed E-state index contributed by atoms with van der Waals surface area (Å²) in [7, 11) is 0. The summed E-state index contributed by atoms with van der Waals surface area (Å²) in [6, 6.07) is 5.54. The largest absolute Gasteiger partial charge is 0.442 e. The van der Waals surface area contributed by atoms with Crippen molar-refractivity contribution < 1.29 is 13.9 Å². The summed E-state index contributed by atoms with van der Waals surface area (Å²) in [4.78, 5) is 25.1. The number of carbonyl (C=O) groups excluding carboxylic acids is 1. The van der Waals surface area contributed by atoms with Crippen molar-refractivity contribution in [3.05, 3.63) is 37.0 Å². The highest BCUT2D eigenvalue weighted by molar-refractivity contribution is 5.93. The molecule has 1 aliphatic heterocycles. The Hall–Kier alpha value is -2.80. The number of carbonyl (C=O) groups is 1. The molecule has 7 heteroatoms. The van der Waals surface area contributed by atoms with Gasteiger partial charge in [0.25, 0.3) is 0 Å². The van der Waals surface area contributed by atoms with Crippen LogP contribution in [0.4, 0.5) is 5.82 Å². The second kappa shape index (κ2) is 6.37. The molecule has 1 N–H and O–H groups in total. The van der Waals surface area contributed by atoms with E-state index in [9.17, 15) is 4.79 Å². The lowest BCUT2D eigenvalue weighted by Gasteiger charge is -2.20. The quantitative estimate of drug-likeness (QED) is 0.796. The van der Waals surface area contributed by atoms with Crippen molar-refractivity contribution in [1.82, 2.24) is 15.0 Å². The molecular weight excluding hydrogens is 308 g/mol. The Morgan fingerprint density at radius 1 is 1.21 bits per heavy atom. The van der Waals surface area contributed by atoms with Crippen LogP contribution >= 0.6 is 0 Å². The van der Waals surface area contributed by atoms with Gasteiger partial charge < -0.3 is 14.5 Å². The fraction of sp³-hybridized carbons (Fsp3) is 0.294. The monoisotopic (exact) mass is 324 g/mol. The summed E-state index contributed by atoms with van der Waals surface area (Å²) in [5.41, 5.74) is 1.43. The molecule has 3 aromatic heterocycles. The van der Waals surface area contributed by atoms with E-state index in [0.717, 1.165) is 23.7 Å². The number of fused-ring (bicyclic) bond motifs is 1. The molecule has 4 rings (SSSR count). The van der Waals surface area contributed by atoms with Gasteiger partial charge in [-0.25, -0.2) is 15.0 Å². The van der Waals surface area contributed by atoms with Crippen molar-refractivity contribution in [1.29, 1.82) is 0 Å². The molecular formula is C17H16N4O3. The zero-order valence-electron chi connectivity index (χ0n) is 12.9. The van der Waals surface area contributed by atoms with Crippen LogP contribution in [0.3, 0.4) is 0 Å². The van der Waals surface area contributed by atoms with Crippen LogP contribution in [0.2, 0.25) is 0 Å². The Balaban J connectivity index is 1.58. The Labute approximate surface area is 138 Å². The third-order valence-corrected chi connectivity index (χ3v) is 4.10. The molecule has 4 heterocycles. The third kappa shape index (κ3) is 2.98. The molecule has 3 aromatic rings. The minimum absolute atomic E-state index is 0.0171. The topological polar surface area (TPSA) is 90.1 Å². The van der Waals surface area contributed by atoms with Crippen LogP contribution in [-0.2, 0) is 9.53 Å². The van der Waals surface area contributed by atoms with Crippen molar-refractivity contribution in [3.8, 4) is 11.5 Å². The third-order valence-electron chi connectivity index (χ3n) is 4.10. The van der Waals surface area contributed by atoms with E-state index >= 15 is 0 Å². The normalized spacial score (nSPS) is 15.5. The molecule has 0 saturated carbocycles. The first-order chi connectivity index (χ1) is 11.8. The van der Waals surface area contributed by atoms with E-state index in [1.54, 1.807) is 18.5 Å². The van der Waals surface area contributed by atoms with Crippen LogP contribution in [0, 0.1) is 5.92 Å². The first kappa shape index (κ1) is 14.8. The van der Waals surface area contributed by atoms with E-state index in [1.165, 1.54) is 6.39 Å². The molecule has 1 saturated heterocycles. The first-order valence-electron chi connectivity index (χ1n) is 7.84. The van der Waals surface area contributed by atoms with Crippen LogP contribution in [0.25, 0.3) is 22.4 Å². The SMILES string of the molecule is O=C(Nc1cc2nc(-c3cnco3)ccc2cn1)C1CCOCC1. The summed E-state index contributed by atoms with van der Waals surface area (Å²) in [6.45, 7) is 1.26. The fourth-order valence-electron chi connectivity index (χ4n) is 2.75. The predicted octanol–water partition coefficient (Wildman–Crippen LogP) is 2.65. The van der Waals surface area contributed by atoms with Gasteiger partial charge in [0.05, 0.1) is 11.7 Å². The fourth-order valence-corrected chi connectivity index (χ4v) is 2.75. The standard InChI is InChI=1S/C17H16N4O3/c22-17(11-3-5-23-6-4-11)21-16-7-14-12(8-19-16)1-2-13(20-14)15-9-18-10-24-15/h1-2,7-11H,3-6H2,(H,19,21,22). The van der Waals surface area contributed by atoms with Gasteiger partial charge in [0.1, 0.15) is 11.5 Å². The molecule has 1 amide bonds. The first-order valence-corrected chi connectivity index (χ1v) is 7.84. The number of rotatable bonds is 3. The van der Waals surface area contributed by atoms with Crippen molar-refractivity contribution in [2.24, 2.45) is 5.92 Å². The van der Waals surface area contributed by atoms with Gasteiger partial charge in [-0.15, -0.1) is 0 Å². The second-order valence-corrected chi connectivity index (χ2v) is 5.70. The van der Waals surface area contributed by atoms with E-state index in [2.05, 4.69) is 20.3 Å². The summed E-state index contributed by atoms with van der Waals surface area (Å²) < 4.78 is 10.6. The van der Waals surface area contributed by atoms with Gasteiger partial charge in [-0.05, 0) is 25.0 Å². The van der Waals surface area contributed by atoms with E-state index < -0.39 is 0 Å². The van der Waals surface area contributed by atoms with E-state index in [4.69, 9.17) is 9.15 Å². The summed E-state index contributed by atoms with van der Waals surface area (Å²) in [5, 5.41) is 3.77. The zero-order chi connectivity index (χ0) is 16.4. The molecule has 7 nitrogen and oxygen atoms in total. The Morgan fingerprint density at radius 2 is 2.08 bits per heavy atom. The molecule has 0 spiro atoms. The van der Waals surface area contributed by atoms with Crippen molar-refractivity contribution in [3.63, 3.8) is 0 Å². The number of nitrogens with zero attached hydrogens (tertiary/aromatic N) is 3. The van der Waals surface area contributed by atoms with Gasteiger partial charge in [0, 0.05) is 36.8 Å². The zero-order valence-corrected chi connectivity index (χ0v) is 12.9. The van der Waals surface area contributed by atoms with Crippen molar-refractivity contribution in [2.45, 2.75) is 12.8 Å². The molecule has 1 aliphatic rings. The molecule has 0 radical (unpaired) electrons. The maximum absolute atomic E-state index is 12.3. The summed E-state index contributed by atoms with van der Waals surface area (Å²) >= 11 is 0. The minimum Gasteiger partial charge on any atom is -0.442 e. The molecule has 122 valence electrons. The van der Waals surface area contributed by atoms with E-state index in [1.807, 2.05) is 12.1 Å². The number of hydrogen-bond donors (Lipinski definition) is 1. The van der Waals surface area contributed by atoms with E-state index in [-0.39, 0.29) is 11.8 Å². The summed E-state index contributed by atoms with van der Waals surface area (Å²) in [5.74, 6) is 1.06. The van der Waals surface area contributed by atoms with Gasteiger partial charge in [-0.3, -0.25) is 4.79 Å². The molecule has 24 heavy (non-hydrogen) atoms. The smallest absolute Gasteiger partial charge is 0.228 e. The average Bonchev–Trinajstić information content (AvgIpc) is 3.16. The maximum atomic E-state index is 12.3. The van der Waals surface area contributed by atoms with Gasteiger partial charge >= 0.3 is 0 Å². The number of oxazole rings is 1. The molecule has 1 fully saturated rings. The highest BCUT2D eigenvalue weighted by Gasteiger charge is 2.21. The number of aromatic nitrogens is 3. The van der Waals surface area contributed by atoms with Gasteiger partial charge in [-0.1, -0.05) is 0 Å². The lowest BCUT2D eigenvalue weighted by Crippen LogP contribution is -2.28. The lowest BCUT2D eigenvalue weighted by molar-refractivity contribution is -0.122. The Morgan fingerprint density at radius 3 is 2.88 bits per heavy atom. The molecule has 0 atom stereocenters. The predicted molar refractivity (Wildman–Crippen MR) is 87.2 cm³/mol. The molecule has 0 bridgehead atoms. The maximum Gasteiger partial charge on any atom is 0.228 e. The Kier molecular flexibility index (Phi) is 3.92. The number of pyridine rings is 2.